The molecule has 1 aliphatic rings. The Hall–Kier alpha value is -3.43. The van der Waals surface area contributed by atoms with Crippen molar-refractivity contribution in [2.24, 2.45) is 16.6 Å². The number of carbonyl (C=O) groups excluding carboxylic acids is 2. The molecule has 112 valence electrons. The molecule has 2 N–H and O–H groups in total. The van der Waals surface area contributed by atoms with Gasteiger partial charge in [-0.3, -0.25) is 9.59 Å². The van der Waals surface area contributed by atoms with Crippen molar-refractivity contribution in [2.75, 3.05) is 0 Å². The van der Waals surface area contributed by atoms with Gasteiger partial charge in [0.1, 0.15) is 11.7 Å². The van der Waals surface area contributed by atoms with Crippen LogP contribution in [-0.2, 0) is 4.79 Å². The molecule has 0 aliphatic heterocycles. The van der Waals surface area contributed by atoms with Crippen LogP contribution >= 0.6 is 0 Å². The van der Waals surface area contributed by atoms with Crippen LogP contribution in [0.5, 0.6) is 0 Å². The first-order valence-electron chi connectivity index (χ1n) is 6.76. The molecule has 0 bridgehead atoms. The topological polar surface area (TPSA) is 132 Å². The highest BCUT2D eigenvalue weighted by Crippen LogP contribution is 2.55. The molecule has 0 saturated carbocycles. The summed E-state index contributed by atoms with van der Waals surface area (Å²) in [5.41, 5.74) is 2.42. The Morgan fingerprint density at radius 1 is 1.17 bits per heavy atom. The molecule has 0 unspecified atom stereocenters. The number of nitrogens with zero attached hydrogens (tertiary/aromatic N) is 3. The average Bonchev–Trinajstić information content (AvgIpc) is 2.84. The van der Waals surface area contributed by atoms with Gasteiger partial charge in [-0.2, -0.15) is 15.8 Å². The van der Waals surface area contributed by atoms with Gasteiger partial charge in [0, 0.05) is 29.7 Å². The fraction of sp³-hybridized carbons (Fsp3) is 0.235. The zero-order valence-electron chi connectivity index (χ0n) is 12.1. The third-order valence-corrected chi connectivity index (χ3v) is 4.23. The number of hydrogen-bond acceptors (Lipinski definition) is 6. The first kappa shape index (κ1) is 15.9. The number of Topliss-reactive ketones (excluding diaryl/α,β-unsaturated/α-hetero) is 1. The van der Waals surface area contributed by atoms with E-state index < -0.39 is 23.0 Å². The molecule has 0 spiro atoms. The largest absolute Gasteiger partial charge is 0.400 e. The molecule has 1 aromatic carbocycles. The summed E-state index contributed by atoms with van der Waals surface area (Å²) < 4.78 is 0. The fourth-order valence-electron chi connectivity index (χ4n) is 2.84. The van der Waals surface area contributed by atoms with E-state index in [1.54, 1.807) is 42.5 Å². The first-order valence-corrected chi connectivity index (χ1v) is 6.76. The van der Waals surface area contributed by atoms with Crippen LogP contribution < -0.4 is 5.73 Å². The quantitative estimate of drug-likeness (QED) is 0.664. The molecule has 1 aromatic rings. The van der Waals surface area contributed by atoms with Crippen molar-refractivity contribution in [3.63, 3.8) is 0 Å². The zero-order valence-corrected chi connectivity index (χ0v) is 12.1. The zero-order chi connectivity index (χ0) is 17.1. The summed E-state index contributed by atoms with van der Waals surface area (Å²) in [5, 5.41) is 28.6. The highest BCUT2D eigenvalue weighted by Gasteiger charge is 2.61. The van der Waals surface area contributed by atoms with Gasteiger partial charge in [-0.1, -0.05) is 30.3 Å². The molecule has 1 atom stereocenters. The minimum absolute atomic E-state index is 0.0236. The SMILES string of the molecule is N#CC1(C#N)CC(C=O)=C(N)[C@]1(C#N)CC(=O)c1ccccc1. The van der Waals surface area contributed by atoms with E-state index in [1.165, 1.54) is 0 Å². The van der Waals surface area contributed by atoms with Crippen LogP contribution in [0.3, 0.4) is 0 Å². The highest BCUT2D eigenvalue weighted by atomic mass is 16.1. The van der Waals surface area contributed by atoms with Crippen molar-refractivity contribution < 1.29 is 9.59 Å². The lowest BCUT2D eigenvalue weighted by Crippen LogP contribution is -2.41. The molecule has 0 aromatic heterocycles. The average molecular weight is 304 g/mol. The molecule has 2 rings (SSSR count). The molecule has 6 heteroatoms. The van der Waals surface area contributed by atoms with Gasteiger partial charge < -0.3 is 5.73 Å². The molecule has 6 nitrogen and oxygen atoms in total. The van der Waals surface area contributed by atoms with Crippen LogP contribution in [0.2, 0.25) is 0 Å². The number of nitriles is 3. The van der Waals surface area contributed by atoms with Crippen LogP contribution in [-0.4, -0.2) is 12.1 Å². The first-order chi connectivity index (χ1) is 11.0. The maximum atomic E-state index is 12.5. The number of ketones is 1. The summed E-state index contributed by atoms with van der Waals surface area (Å²) in [6.45, 7) is 0. The predicted molar refractivity (Wildman–Crippen MR) is 79.0 cm³/mol. The van der Waals surface area contributed by atoms with Gasteiger partial charge in [-0.15, -0.1) is 0 Å². The van der Waals surface area contributed by atoms with E-state index in [-0.39, 0.29) is 17.7 Å². The monoisotopic (exact) mass is 304 g/mol. The maximum Gasteiger partial charge on any atom is 0.172 e. The number of rotatable bonds is 4. The number of allylic oxidation sites excluding steroid dienone is 2. The van der Waals surface area contributed by atoms with Gasteiger partial charge in [-0.05, 0) is 0 Å². The van der Waals surface area contributed by atoms with Gasteiger partial charge in [-0.25, -0.2) is 0 Å². The molecule has 0 amide bonds. The van der Waals surface area contributed by atoms with Gasteiger partial charge in [0.15, 0.2) is 11.2 Å². The summed E-state index contributed by atoms with van der Waals surface area (Å²) >= 11 is 0. The lowest BCUT2D eigenvalue weighted by Gasteiger charge is -2.31. The number of nitrogens with two attached hydrogens (primary N) is 1. The third-order valence-electron chi connectivity index (χ3n) is 4.23. The van der Waals surface area contributed by atoms with Crippen LogP contribution in [0, 0.1) is 44.8 Å². The van der Waals surface area contributed by atoms with Gasteiger partial charge in [0.2, 0.25) is 0 Å². The van der Waals surface area contributed by atoms with Gasteiger partial charge in [0.25, 0.3) is 0 Å². The Morgan fingerprint density at radius 2 is 1.78 bits per heavy atom. The van der Waals surface area contributed by atoms with Crippen LogP contribution in [0.4, 0.5) is 0 Å². The number of hydrogen-bond donors (Lipinski definition) is 1. The second kappa shape index (κ2) is 5.75. The van der Waals surface area contributed by atoms with Crippen molar-refractivity contribution in [2.45, 2.75) is 12.8 Å². The Kier molecular flexibility index (Phi) is 3.99. The predicted octanol–water partition coefficient (Wildman–Crippen LogP) is 1.62. The van der Waals surface area contributed by atoms with E-state index in [2.05, 4.69) is 0 Å². The lowest BCUT2D eigenvalue weighted by molar-refractivity contribution is -0.105. The van der Waals surface area contributed by atoms with Gasteiger partial charge in [0.05, 0.1) is 18.2 Å². The summed E-state index contributed by atoms with van der Waals surface area (Å²) in [6, 6.07) is 13.7. The van der Waals surface area contributed by atoms with E-state index >= 15 is 0 Å². The number of aldehydes is 1. The number of benzene rings is 1. The Balaban J connectivity index is 2.57. The molecule has 1 aliphatic carbocycles. The lowest BCUT2D eigenvalue weighted by atomic mass is 9.63. The van der Waals surface area contributed by atoms with E-state index in [0.717, 1.165) is 0 Å². The molecular weight excluding hydrogens is 292 g/mol. The molecule has 0 heterocycles. The number of carbonyl (C=O) groups is 2. The van der Waals surface area contributed by atoms with Crippen LogP contribution in [0.25, 0.3) is 0 Å². The van der Waals surface area contributed by atoms with Crippen LogP contribution in [0.15, 0.2) is 41.6 Å². The second-order valence-corrected chi connectivity index (χ2v) is 5.35. The molecule has 0 saturated heterocycles. The normalized spacial score (nSPS) is 21.8. The van der Waals surface area contributed by atoms with E-state index in [1.807, 2.05) is 6.07 Å². The minimum Gasteiger partial charge on any atom is -0.400 e. The molecule has 0 radical (unpaired) electrons. The van der Waals surface area contributed by atoms with E-state index in [0.29, 0.717) is 11.8 Å². The highest BCUT2D eigenvalue weighted by molar-refractivity contribution is 5.97. The Labute approximate surface area is 133 Å². The Morgan fingerprint density at radius 3 is 2.26 bits per heavy atom. The summed E-state index contributed by atoms with van der Waals surface area (Å²) in [4.78, 5) is 23.6. The summed E-state index contributed by atoms with van der Waals surface area (Å²) in [5.74, 6) is -0.419. The Bertz CT molecular complexity index is 807. The molecular formula is C17H12N4O2. The van der Waals surface area contributed by atoms with Crippen molar-refractivity contribution in [1.29, 1.82) is 15.8 Å². The second-order valence-electron chi connectivity index (χ2n) is 5.35. The van der Waals surface area contributed by atoms with Crippen LogP contribution in [0.1, 0.15) is 23.2 Å². The molecule has 0 fully saturated rings. The van der Waals surface area contributed by atoms with E-state index in [4.69, 9.17) is 5.73 Å². The van der Waals surface area contributed by atoms with Gasteiger partial charge >= 0.3 is 0 Å². The van der Waals surface area contributed by atoms with Crippen molar-refractivity contribution in [3.05, 3.63) is 47.2 Å². The fourth-order valence-corrected chi connectivity index (χ4v) is 2.84. The minimum atomic E-state index is -1.85. The smallest absolute Gasteiger partial charge is 0.172 e. The van der Waals surface area contributed by atoms with Crippen molar-refractivity contribution >= 4 is 12.1 Å². The standard InChI is InChI=1S/C17H12N4O2/c18-9-16(10-19)6-13(8-22)15(21)17(16,11-20)7-14(23)12-4-2-1-3-5-12/h1-5,8H,6-7,21H2/t17-/m1/s1. The summed E-state index contributed by atoms with van der Waals surface area (Å²) in [6.07, 6.45) is -0.256. The maximum absolute atomic E-state index is 12.5. The van der Waals surface area contributed by atoms with Crippen molar-refractivity contribution in [1.82, 2.24) is 0 Å². The van der Waals surface area contributed by atoms with Crippen molar-refractivity contribution in [3.8, 4) is 18.2 Å². The molecule has 23 heavy (non-hydrogen) atoms. The summed E-state index contributed by atoms with van der Waals surface area (Å²) in [7, 11) is 0. The third kappa shape index (κ3) is 2.16. The van der Waals surface area contributed by atoms with E-state index in [9.17, 15) is 25.4 Å².